The van der Waals surface area contributed by atoms with Gasteiger partial charge in [-0.05, 0) is 12.0 Å². The standard InChI is InChI=1S/C19H16O3S/c20-16-13-17(15-9-5-2-6-10-15)22-19(21)18(16)23-12-11-14-7-3-1-4-8-14/h1-10,13,20H,11-12H2. The number of rotatable bonds is 5. The molecule has 3 rings (SSSR count). The predicted molar refractivity (Wildman–Crippen MR) is 92.9 cm³/mol. The molecule has 1 aromatic heterocycles. The molecule has 0 aliphatic heterocycles. The first-order valence-electron chi connectivity index (χ1n) is 7.33. The van der Waals surface area contributed by atoms with Crippen LogP contribution in [0.25, 0.3) is 11.3 Å². The lowest BCUT2D eigenvalue weighted by atomic mass is 10.1. The normalized spacial score (nSPS) is 10.6. The highest BCUT2D eigenvalue weighted by Gasteiger charge is 2.12. The van der Waals surface area contributed by atoms with Crippen molar-refractivity contribution in [3.05, 3.63) is 82.7 Å². The smallest absolute Gasteiger partial charge is 0.353 e. The van der Waals surface area contributed by atoms with Crippen LogP contribution in [0.4, 0.5) is 0 Å². The number of hydrogen-bond donors (Lipinski definition) is 1. The highest BCUT2D eigenvalue weighted by Crippen LogP contribution is 2.29. The molecule has 1 heterocycles. The van der Waals surface area contributed by atoms with E-state index in [-0.39, 0.29) is 10.6 Å². The Morgan fingerprint density at radius 1 is 0.957 bits per heavy atom. The van der Waals surface area contributed by atoms with Gasteiger partial charge in [0, 0.05) is 17.4 Å². The molecule has 23 heavy (non-hydrogen) atoms. The molecular formula is C19H16O3S. The lowest BCUT2D eigenvalue weighted by Gasteiger charge is -2.06. The van der Waals surface area contributed by atoms with E-state index in [1.54, 1.807) is 0 Å². The summed E-state index contributed by atoms with van der Waals surface area (Å²) in [5.74, 6) is 1.05. The summed E-state index contributed by atoms with van der Waals surface area (Å²) >= 11 is 1.32. The molecule has 0 unspecified atom stereocenters. The second-order valence-electron chi connectivity index (χ2n) is 5.06. The van der Waals surface area contributed by atoms with Gasteiger partial charge in [0.25, 0.3) is 0 Å². The highest BCUT2D eigenvalue weighted by atomic mass is 32.2. The zero-order valence-corrected chi connectivity index (χ0v) is 13.3. The van der Waals surface area contributed by atoms with Gasteiger partial charge in [0.05, 0.1) is 0 Å². The van der Waals surface area contributed by atoms with E-state index in [1.165, 1.54) is 23.4 Å². The van der Waals surface area contributed by atoms with E-state index < -0.39 is 5.63 Å². The first-order valence-corrected chi connectivity index (χ1v) is 8.32. The molecule has 0 radical (unpaired) electrons. The zero-order valence-electron chi connectivity index (χ0n) is 12.4. The van der Waals surface area contributed by atoms with E-state index in [0.29, 0.717) is 11.5 Å². The van der Waals surface area contributed by atoms with Gasteiger partial charge in [0.15, 0.2) is 0 Å². The van der Waals surface area contributed by atoms with Crippen molar-refractivity contribution in [2.75, 3.05) is 5.75 Å². The summed E-state index contributed by atoms with van der Waals surface area (Å²) in [5.41, 5.74) is 1.47. The van der Waals surface area contributed by atoms with Crippen LogP contribution in [-0.4, -0.2) is 10.9 Å². The quantitative estimate of drug-likeness (QED) is 0.709. The topological polar surface area (TPSA) is 50.4 Å². The fourth-order valence-corrected chi connectivity index (χ4v) is 3.17. The van der Waals surface area contributed by atoms with Gasteiger partial charge < -0.3 is 9.52 Å². The SMILES string of the molecule is O=c1oc(-c2ccccc2)cc(O)c1SCCc1ccccc1. The zero-order chi connectivity index (χ0) is 16.1. The van der Waals surface area contributed by atoms with E-state index in [1.807, 2.05) is 60.7 Å². The molecule has 116 valence electrons. The molecule has 4 heteroatoms. The molecule has 0 aliphatic rings. The molecule has 0 atom stereocenters. The van der Waals surface area contributed by atoms with Crippen molar-refractivity contribution in [1.82, 2.24) is 0 Å². The molecule has 0 saturated heterocycles. The number of aryl methyl sites for hydroxylation is 1. The van der Waals surface area contributed by atoms with Crippen LogP contribution >= 0.6 is 11.8 Å². The number of hydrogen-bond acceptors (Lipinski definition) is 4. The maximum absolute atomic E-state index is 12.1. The fourth-order valence-electron chi connectivity index (χ4n) is 2.26. The number of benzene rings is 2. The molecule has 0 bridgehead atoms. The summed E-state index contributed by atoms with van der Waals surface area (Å²) in [6.45, 7) is 0. The highest BCUT2D eigenvalue weighted by molar-refractivity contribution is 7.99. The lowest BCUT2D eigenvalue weighted by molar-refractivity contribution is 0.430. The third-order valence-corrected chi connectivity index (χ3v) is 4.50. The van der Waals surface area contributed by atoms with Crippen LogP contribution in [0.2, 0.25) is 0 Å². The molecule has 3 nitrogen and oxygen atoms in total. The van der Waals surface area contributed by atoms with Gasteiger partial charge in [0.1, 0.15) is 16.4 Å². The molecule has 3 aromatic rings. The molecule has 2 aromatic carbocycles. The fraction of sp³-hybridized carbons (Fsp3) is 0.105. The Morgan fingerprint density at radius 2 is 1.61 bits per heavy atom. The molecule has 0 aliphatic carbocycles. The van der Waals surface area contributed by atoms with Gasteiger partial charge >= 0.3 is 5.63 Å². The van der Waals surface area contributed by atoms with Crippen LogP contribution in [0.1, 0.15) is 5.56 Å². The Kier molecular flexibility index (Phi) is 4.83. The maximum atomic E-state index is 12.1. The van der Waals surface area contributed by atoms with Crippen molar-refractivity contribution in [3.8, 4) is 17.1 Å². The van der Waals surface area contributed by atoms with Crippen molar-refractivity contribution >= 4 is 11.8 Å². The van der Waals surface area contributed by atoms with E-state index in [9.17, 15) is 9.90 Å². The van der Waals surface area contributed by atoms with Gasteiger partial charge in [-0.3, -0.25) is 0 Å². The van der Waals surface area contributed by atoms with Crippen LogP contribution < -0.4 is 5.63 Å². The maximum Gasteiger partial charge on any atom is 0.353 e. The second-order valence-corrected chi connectivity index (χ2v) is 6.17. The van der Waals surface area contributed by atoms with Crippen LogP contribution in [0.5, 0.6) is 5.75 Å². The minimum absolute atomic E-state index is 0.0295. The van der Waals surface area contributed by atoms with Crippen molar-refractivity contribution in [2.24, 2.45) is 0 Å². The Bertz CT molecular complexity index is 826. The van der Waals surface area contributed by atoms with Crippen molar-refractivity contribution in [3.63, 3.8) is 0 Å². The van der Waals surface area contributed by atoms with Gasteiger partial charge in [-0.1, -0.05) is 60.7 Å². The summed E-state index contributed by atoms with van der Waals surface area (Å²) < 4.78 is 5.34. The van der Waals surface area contributed by atoms with E-state index >= 15 is 0 Å². The molecule has 0 spiro atoms. The number of thioether (sulfide) groups is 1. The van der Waals surface area contributed by atoms with Crippen molar-refractivity contribution < 1.29 is 9.52 Å². The number of aromatic hydroxyl groups is 1. The molecular weight excluding hydrogens is 308 g/mol. The summed E-state index contributed by atoms with van der Waals surface area (Å²) in [5, 5.41) is 10.1. The minimum Gasteiger partial charge on any atom is -0.506 e. The van der Waals surface area contributed by atoms with Gasteiger partial charge in [-0.15, -0.1) is 11.8 Å². The van der Waals surface area contributed by atoms with Crippen molar-refractivity contribution in [1.29, 1.82) is 0 Å². The third kappa shape index (κ3) is 3.85. The van der Waals surface area contributed by atoms with Gasteiger partial charge in [-0.2, -0.15) is 0 Å². The average Bonchev–Trinajstić information content (AvgIpc) is 2.59. The second kappa shape index (κ2) is 7.20. The Balaban J connectivity index is 1.75. The first-order chi connectivity index (χ1) is 11.2. The predicted octanol–water partition coefficient (Wildman–Crippen LogP) is 4.35. The summed E-state index contributed by atoms with van der Waals surface area (Å²) in [4.78, 5) is 12.4. The van der Waals surface area contributed by atoms with Crippen LogP contribution in [0.3, 0.4) is 0 Å². The van der Waals surface area contributed by atoms with Crippen LogP contribution in [-0.2, 0) is 6.42 Å². The van der Waals surface area contributed by atoms with Gasteiger partial charge in [0.2, 0.25) is 0 Å². The third-order valence-electron chi connectivity index (χ3n) is 3.43. The van der Waals surface area contributed by atoms with E-state index in [4.69, 9.17) is 4.42 Å². The van der Waals surface area contributed by atoms with Crippen LogP contribution in [0, 0.1) is 0 Å². The Hall–Kier alpha value is -2.46. The molecule has 0 amide bonds. The molecule has 0 saturated carbocycles. The van der Waals surface area contributed by atoms with Gasteiger partial charge in [-0.25, -0.2) is 4.79 Å². The molecule has 1 N–H and O–H groups in total. The first kappa shape index (κ1) is 15.4. The summed E-state index contributed by atoms with van der Waals surface area (Å²) in [6.07, 6.45) is 0.824. The Labute approximate surface area is 138 Å². The lowest BCUT2D eigenvalue weighted by Crippen LogP contribution is -2.04. The monoisotopic (exact) mass is 324 g/mol. The molecule has 0 fully saturated rings. The minimum atomic E-state index is -0.498. The van der Waals surface area contributed by atoms with E-state index in [0.717, 1.165) is 12.0 Å². The van der Waals surface area contributed by atoms with Crippen molar-refractivity contribution in [2.45, 2.75) is 11.3 Å². The average molecular weight is 324 g/mol. The summed E-state index contributed by atoms with van der Waals surface area (Å²) in [6, 6.07) is 20.8. The van der Waals surface area contributed by atoms with E-state index in [2.05, 4.69) is 0 Å². The Morgan fingerprint density at radius 3 is 2.26 bits per heavy atom. The summed E-state index contributed by atoms with van der Waals surface area (Å²) in [7, 11) is 0. The largest absolute Gasteiger partial charge is 0.506 e. The van der Waals surface area contributed by atoms with Crippen LogP contribution in [0.15, 0.2) is 80.8 Å².